The monoisotopic (exact) mass is 363 g/mol. The highest BCUT2D eigenvalue weighted by Crippen LogP contribution is 2.32. The van der Waals surface area contributed by atoms with Crippen molar-refractivity contribution >= 4 is 23.8 Å². The van der Waals surface area contributed by atoms with Crippen LogP contribution < -0.4 is 15.0 Å². The van der Waals surface area contributed by atoms with Gasteiger partial charge in [0.1, 0.15) is 5.82 Å². The van der Waals surface area contributed by atoms with Gasteiger partial charge in [0, 0.05) is 5.56 Å². The number of para-hydroxylation sites is 1. The molecule has 0 aliphatic carbocycles. The van der Waals surface area contributed by atoms with Crippen molar-refractivity contribution in [3.8, 4) is 17.4 Å². The molecular formula is C15H13N3O8. The molecule has 0 saturated carbocycles. The maximum atomic E-state index is 11.6. The molecule has 0 radical (unpaired) electrons. The number of carboxylic acid groups (broad SMARTS) is 1. The number of H-pyrrole nitrogens is 1. The summed E-state index contributed by atoms with van der Waals surface area (Å²) >= 11 is 0. The molecular weight excluding hydrogens is 350 g/mol. The van der Waals surface area contributed by atoms with Crippen LogP contribution in [-0.4, -0.2) is 44.8 Å². The first-order valence-electron chi connectivity index (χ1n) is 7.00. The van der Waals surface area contributed by atoms with Crippen molar-refractivity contribution in [3.05, 3.63) is 50.1 Å². The fourth-order valence-corrected chi connectivity index (χ4v) is 2.00. The normalized spacial score (nSPS) is 10.7. The van der Waals surface area contributed by atoms with Crippen LogP contribution in [0.4, 0.5) is 5.69 Å². The third kappa shape index (κ3) is 4.14. The molecule has 0 aliphatic rings. The molecule has 0 spiro atoms. The molecule has 0 amide bonds. The molecule has 136 valence electrons. The summed E-state index contributed by atoms with van der Waals surface area (Å²) in [6.45, 7) is -0.603. The van der Waals surface area contributed by atoms with Crippen LogP contribution in [0.2, 0.25) is 0 Å². The topological polar surface area (TPSA) is 165 Å². The van der Waals surface area contributed by atoms with Gasteiger partial charge in [0.15, 0.2) is 18.1 Å². The van der Waals surface area contributed by atoms with E-state index in [1.54, 1.807) is 18.2 Å². The Hall–Kier alpha value is -3.89. The van der Waals surface area contributed by atoms with Crippen LogP contribution in [0, 0.1) is 10.1 Å². The first kappa shape index (κ1) is 18.4. The van der Waals surface area contributed by atoms with Crippen molar-refractivity contribution < 1.29 is 29.4 Å². The average Bonchev–Trinajstić information content (AvgIpc) is 2.57. The smallest absolute Gasteiger partial charge is 0.395 e. The van der Waals surface area contributed by atoms with Gasteiger partial charge in [-0.15, -0.1) is 0 Å². The number of rotatable bonds is 7. The highest BCUT2D eigenvalue weighted by Gasteiger charge is 2.21. The van der Waals surface area contributed by atoms with Crippen LogP contribution in [0.3, 0.4) is 0 Å². The number of aromatic hydroxyl groups is 1. The van der Waals surface area contributed by atoms with Gasteiger partial charge in [0.2, 0.25) is 0 Å². The lowest BCUT2D eigenvalue weighted by Gasteiger charge is -2.11. The maximum Gasteiger partial charge on any atom is 0.395 e. The van der Waals surface area contributed by atoms with Crippen LogP contribution in [0.5, 0.6) is 17.4 Å². The van der Waals surface area contributed by atoms with Gasteiger partial charge in [-0.2, -0.15) is 4.98 Å². The minimum absolute atomic E-state index is 0.141. The lowest BCUT2D eigenvalue weighted by molar-refractivity contribution is -0.387. The van der Waals surface area contributed by atoms with E-state index in [1.807, 2.05) is 0 Å². The number of nitrogens with zero attached hydrogens (tertiary/aromatic N) is 2. The molecule has 26 heavy (non-hydrogen) atoms. The molecule has 0 fully saturated rings. The van der Waals surface area contributed by atoms with E-state index in [2.05, 4.69) is 9.97 Å². The number of methoxy groups -OCH3 is 1. The third-order valence-corrected chi connectivity index (χ3v) is 3.07. The van der Waals surface area contributed by atoms with Crippen LogP contribution in [0.15, 0.2) is 23.0 Å². The zero-order valence-corrected chi connectivity index (χ0v) is 13.3. The number of hydrogen-bond acceptors (Lipinski definition) is 8. The molecule has 1 aromatic carbocycles. The van der Waals surface area contributed by atoms with Crippen LogP contribution in [0.1, 0.15) is 11.4 Å². The first-order valence-corrected chi connectivity index (χ1v) is 7.00. The Bertz CT molecular complexity index is 935. The second-order valence-corrected chi connectivity index (χ2v) is 4.77. The summed E-state index contributed by atoms with van der Waals surface area (Å²) in [5.41, 5.74) is -1.78. The minimum atomic E-state index is -1.18. The summed E-state index contributed by atoms with van der Waals surface area (Å²) < 4.78 is 10.3. The number of aliphatic carboxylic acids is 1. The fourth-order valence-electron chi connectivity index (χ4n) is 2.00. The number of carboxylic acids is 1. The van der Waals surface area contributed by atoms with E-state index in [0.29, 0.717) is 5.56 Å². The molecule has 1 heterocycles. The highest BCUT2D eigenvalue weighted by molar-refractivity contribution is 5.74. The molecule has 2 aromatic rings. The second kappa shape index (κ2) is 7.79. The Kier molecular flexibility index (Phi) is 5.53. The lowest BCUT2D eigenvalue weighted by atomic mass is 10.1. The lowest BCUT2D eigenvalue weighted by Crippen LogP contribution is -2.14. The summed E-state index contributed by atoms with van der Waals surface area (Å²) in [5.74, 6) is -1.93. The van der Waals surface area contributed by atoms with Gasteiger partial charge in [0.05, 0.1) is 12.0 Å². The second-order valence-electron chi connectivity index (χ2n) is 4.77. The van der Waals surface area contributed by atoms with Crippen LogP contribution >= 0.6 is 0 Å². The number of benzene rings is 1. The Morgan fingerprint density at radius 3 is 2.73 bits per heavy atom. The molecule has 0 atom stereocenters. The predicted octanol–water partition coefficient (Wildman–Crippen LogP) is 1.03. The van der Waals surface area contributed by atoms with Gasteiger partial charge in [0.25, 0.3) is 5.88 Å². The number of hydrogen-bond donors (Lipinski definition) is 3. The van der Waals surface area contributed by atoms with E-state index in [9.17, 15) is 24.8 Å². The SMILES string of the molecule is COc1cccc(C=Cc2nc(O)c([N+](=O)[O-])c(=O)[nH]2)c1OCC(=O)O. The van der Waals surface area contributed by atoms with Gasteiger partial charge in [-0.05, 0) is 18.2 Å². The van der Waals surface area contributed by atoms with Gasteiger partial charge in [-0.1, -0.05) is 12.1 Å². The Morgan fingerprint density at radius 2 is 2.15 bits per heavy atom. The van der Waals surface area contributed by atoms with Crippen LogP contribution in [-0.2, 0) is 4.79 Å². The summed E-state index contributed by atoms with van der Waals surface area (Å²) in [5, 5.41) is 28.9. The average molecular weight is 363 g/mol. The Labute approximate surface area is 145 Å². The van der Waals surface area contributed by atoms with Gasteiger partial charge >= 0.3 is 17.2 Å². The molecule has 0 saturated heterocycles. The molecule has 3 N–H and O–H groups in total. The summed E-state index contributed by atoms with van der Waals surface area (Å²) in [7, 11) is 1.38. The van der Waals surface area contributed by atoms with Crippen molar-refractivity contribution in [3.63, 3.8) is 0 Å². The zero-order chi connectivity index (χ0) is 19.3. The van der Waals surface area contributed by atoms with Gasteiger partial charge in [-0.3, -0.25) is 14.9 Å². The molecule has 2 rings (SSSR count). The number of nitrogens with one attached hydrogen (secondary N) is 1. The third-order valence-electron chi connectivity index (χ3n) is 3.07. The minimum Gasteiger partial charge on any atom is -0.493 e. The fraction of sp³-hybridized carbons (Fsp3) is 0.133. The summed E-state index contributed by atoms with van der Waals surface area (Å²) in [4.78, 5) is 37.6. The molecule has 11 heteroatoms. The van der Waals surface area contributed by atoms with E-state index in [4.69, 9.17) is 14.6 Å². The van der Waals surface area contributed by atoms with E-state index < -0.39 is 34.6 Å². The largest absolute Gasteiger partial charge is 0.493 e. The van der Waals surface area contributed by atoms with E-state index in [0.717, 1.165) is 0 Å². The predicted molar refractivity (Wildman–Crippen MR) is 88.2 cm³/mol. The van der Waals surface area contributed by atoms with Crippen molar-refractivity contribution in [2.24, 2.45) is 0 Å². The molecule has 0 unspecified atom stereocenters. The number of ether oxygens (including phenoxy) is 2. The summed E-state index contributed by atoms with van der Waals surface area (Å²) in [6.07, 6.45) is 2.66. The van der Waals surface area contributed by atoms with Crippen molar-refractivity contribution in [2.75, 3.05) is 13.7 Å². The van der Waals surface area contributed by atoms with Gasteiger partial charge < -0.3 is 24.7 Å². The summed E-state index contributed by atoms with van der Waals surface area (Å²) in [6, 6.07) is 4.77. The maximum absolute atomic E-state index is 11.6. The van der Waals surface area contributed by atoms with Crippen LogP contribution in [0.25, 0.3) is 12.2 Å². The van der Waals surface area contributed by atoms with E-state index >= 15 is 0 Å². The van der Waals surface area contributed by atoms with Crippen molar-refractivity contribution in [1.29, 1.82) is 0 Å². The van der Waals surface area contributed by atoms with Crippen molar-refractivity contribution in [1.82, 2.24) is 9.97 Å². The van der Waals surface area contributed by atoms with Gasteiger partial charge in [-0.25, -0.2) is 4.79 Å². The van der Waals surface area contributed by atoms with E-state index in [-0.39, 0.29) is 17.3 Å². The van der Waals surface area contributed by atoms with Crippen molar-refractivity contribution in [2.45, 2.75) is 0 Å². The number of aromatic nitrogens is 2. The first-order chi connectivity index (χ1) is 12.3. The Balaban J connectivity index is 2.40. The molecule has 0 bridgehead atoms. The Morgan fingerprint density at radius 1 is 1.42 bits per heavy atom. The van der Waals surface area contributed by atoms with E-state index in [1.165, 1.54) is 19.3 Å². The molecule has 11 nitrogen and oxygen atoms in total. The zero-order valence-electron chi connectivity index (χ0n) is 13.3. The number of carbonyl (C=O) groups is 1. The standard InChI is InChI=1S/C15H13N3O8/c1-25-9-4-2-3-8(13(9)26-7-11(19)20)5-6-10-16-14(21)12(18(23)24)15(22)17-10/h2-6H,7H2,1H3,(H,19,20)(H2,16,17,21,22). The number of aromatic amines is 1. The number of nitro groups is 1. The molecule has 0 aliphatic heterocycles. The quantitative estimate of drug-likeness (QED) is 0.481. The highest BCUT2D eigenvalue weighted by atomic mass is 16.6. The molecule has 1 aromatic heterocycles.